The first-order valence-corrected chi connectivity index (χ1v) is 8.37. The largest absolute Gasteiger partial charge is 0.490 e. The zero-order chi connectivity index (χ0) is 16.8. The SMILES string of the molecule is CCOc1ccccc1OCCN1CCC[C@](O)(c2cn[nH]n2)C1. The number of nitrogens with one attached hydrogen (secondary N) is 1. The lowest BCUT2D eigenvalue weighted by molar-refractivity contribution is -0.0413. The summed E-state index contributed by atoms with van der Waals surface area (Å²) in [5.41, 5.74) is -0.330. The minimum atomic E-state index is -0.936. The van der Waals surface area contributed by atoms with Crippen LogP contribution in [-0.4, -0.2) is 58.3 Å². The molecule has 2 heterocycles. The molecule has 1 saturated heterocycles. The summed E-state index contributed by atoms with van der Waals surface area (Å²) in [6.07, 6.45) is 3.21. The smallest absolute Gasteiger partial charge is 0.161 e. The van der Waals surface area contributed by atoms with Gasteiger partial charge < -0.3 is 14.6 Å². The zero-order valence-corrected chi connectivity index (χ0v) is 13.9. The molecule has 0 aliphatic carbocycles. The summed E-state index contributed by atoms with van der Waals surface area (Å²) in [7, 11) is 0. The van der Waals surface area contributed by atoms with Crippen LogP contribution in [0.2, 0.25) is 0 Å². The van der Waals surface area contributed by atoms with Crippen molar-refractivity contribution < 1.29 is 14.6 Å². The molecule has 0 radical (unpaired) electrons. The van der Waals surface area contributed by atoms with Crippen LogP contribution in [0.3, 0.4) is 0 Å². The van der Waals surface area contributed by atoms with E-state index < -0.39 is 5.60 Å². The van der Waals surface area contributed by atoms with Gasteiger partial charge in [-0.2, -0.15) is 15.4 Å². The van der Waals surface area contributed by atoms with E-state index in [-0.39, 0.29) is 0 Å². The molecule has 0 amide bonds. The van der Waals surface area contributed by atoms with Crippen molar-refractivity contribution in [2.75, 3.05) is 32.8 Å². The summed E-state index contributed by atoms with van der Waals surface area (Å²) < 4.78 is 11.4. The van der Waals surface area contributed by atoms with Gasteiger partial charge in [0.05, 0.1) is 12.8 Å². The van der Waals surface area contributed by atoms with E-state index in [0.717, 1.165) is 31.0 Å². The number of likely N-dealkylation sites (tertiary alicyclic amines) is 1. The minimum absolute atomic E-state index is 0.538. The van der Waals surface area contributed by atoms with Gasteiger partial charge in [-0.05, 0) is 38.4 Å². The summed E-state index contributed by atoms with van der Waals surface area (Å²) in [6, 6.07) is 7.68. The first kappa shape index (κ1) is 16.7. The molecule has 1 atom stereocenters. The molecular formula is C17H24N4O3. The van der Waals surface area contributed by atoms with Crippen LogP contribution >= 0.6 is 0 Å². The van der Waals surface area contributed by atoms with Gasteiger partial charge in [0.25, 0.3) is 0 Å². The number of aromatic amines is 1. The van der Waals surface area contributed by atoms with Crippen LogP contribution < -0.4 is 9.47 Å². The molecule has 7 heteroatoms. The van der Waals surface area contributed by atoms with E-state index in [9.17, 15) is 5.11 Å². The Morgan fingerprint density at radius 1 is 1.29 bits per heavy atom. The Hall–Kier alpha value is -2.12. The fourth-order valence-corrected chi connectivity index (χ4v) is 3.08. The Morgan fingerprint density at radius 2 is 2.08 bits per heavy atom. The van der Waals surface area contributed by atoms with Crippen LogP contribution in [0.15, 0.2) is 30.5 Å². The first-order chi connectivity index (χ1) is 11.7. The van der Waals surface area contributed by atoms with E-state index in [1.165, 1.54) is 0 Å². The van der Waals surface area contributed by atoms with Gasteiger partial charge in [0, 0.05) is 13.1 Å². The number of aromatic nitrogens is 3. The van der Waals surface area contributed by atoms with Gasteiger partial charge >= 0.3 is 0 Å². The lowest BCUT2D eigenvalue weighted by atomic mass is 9.90. The molecule has 1 fully saturated rings. The quantitative estimate of drug-likeness (QED) is 0.801. The molecule has 1 aromatic carbocycles. The summed E-state index contributed by atoms with van der Waals surface area (Å²) >= 11 is 0. The number of β-amino-alcohol motifs (C(OH)–C–C–N with tert-alkyl or cyclic N) is 1. The molecule has 1 aliphatic heterocycles. The van der Waals surface area contributed by atoms with Crippen molar-refractivity contribution in [3.05, 3.63) is 36.2 Å². The monoisotopic (exact) mass is 332 g/mol. The fourth-order valence-electron chi connectivity index (χ4n) is 3.08. The number of piperidine rings is 1. The molecule has 0 bridgehead atoms. The Bertz CT molecular complexity index is 635. The van der Waals surface area contributed by atoms with Crippen LogP contribution in [0.1, 0.15) is 25.5 Å². The predicted octanol–water partition coefficient (Wildman–Crippen LogP) is 1.57. The minimum Gasteiger partial charge on any atom is -0.490 e. The first-order valence-electron chi connectivity index (χ1n) is 8.37. The van der Waals surface area contributed by atoms with Crippen molar-refractivity contribution in [2.24, 2.45) is 0 Å². The van der Waals surface area contributed by atoms with E-state index in [0.29, 0.717) is 31.9 Å². The molecule has 0 spiro atoms. The Kier molecular flexibility index (Phi) is 5.32. The van der Waals surface area contributed by atoms with Crippen molar-refractivity contribution in [1.29, 1.82) is 0 Å². The highest BCUT2D eigenvalue weighted by atomic mass is 16.5. The molecule has 1 aromatic heterocycles. The lowest BCUT2D eigenvalue weighted by Crippen LogP contribution is -2.47. The van der Waals surface area contributed by atoms with E-state index >= 15 is 0 Å². The fraction of sp³-hybridized carbons (Fsp3) is 0.529. The Morgan fingerprint density at radius 3 is 2.79 bits per heavy atom. The van der Waals surface area contributed by atoms with Crippen molar-refractivity contribution in [1.82, 2.24) is 20.3 Å². The van der Waals surface area contributed by atoms with E-state index in [4.69, 9.17) is 9.47 Å². The van der Waals surface area contributed by atoms with E-state index in [1.807, 2.05) is 31.2 Å². The molecular weight excluding hydrogens is 308 g/mol. The highest BCUT2D eigenvalue weighted by Crippen LogP contribution is 2.30. The summed E-state index contributed by atoms with van der Waals surface area (Å²) in [4.78, 5) is 2.20. The average Bonchev–Trinajstić information content (AvgIpc) is 3.12. The maximum absolute atomic E-state index is 10.8. The Balaban J connectivity index is 1.54. The van der Waals surface area contributed by atoms with Crippen molar-refractivity contribution in [3.8, 4) is 11.5 Å². The molecule has 1 aliphatic rings. The molecule has 7 nitrogen and oxygen atoms in total. The number of nitrogens with zero attached hydrogens (tertiary/aromatic N) is 3. The number of ether oxygens (including phenoxy) is 2. The zero-order valence-electron chi connectivity index (χ0n) is 13.9. The van der Waals surface area contributed by atoms with Crippen molar-refractivity contribution in [2.45, 2.75) is 25.4 Å². The normalized spacial score (nSPS) is 21.6. The summed E-state index contributed by atoms with van der Waals surface area (Å²) in [5, 5.41) is 21.2. The third-order valence-corrected chi connectivity index (χ3v) is 4.26. The van der Waals surface area contributed by atoms with Gasteiger partial charge in [-0.3, -0.25) is 4.90 Å². The van der Waals surface area contributed by atoms with Gasteiger partial charge in [-0.15, -0.1) is 0 Å². The number of H-pyrrole nitrogens is 1. The lowest BCUT2D eigenvalue weighted by Gasteiger charge is -2.37. The Labute approximate surface area is 141 Å². The van der Waals surface area contributed by atoms with Gasteiger partial charge in [0.15, 0.2) is 11.5 Å². The van der Waals surface area contributed by atoms with Crippen LogP contribution in [0.4, 0.5) is 0 Å². The summed E-state index contributed by atoms with van der Waals surface area (Å²) in [6.45, 7) is 5.32. The number of hydrogen-bond donors (Lipinski definition) is 2. The number of para-hydroxylation sites is 2. The molecule has 130 valence electrons. The highest BCUT2D eigenvalue weighted by Gasteiger charge is 2.36. The highest BCUT2D eigenvalue weighted by molar-refractivity contribution is 5.39. The molecule has 0 unspecified atom stereocenters. The van der Waals surface area contributed by atoms with Crippen LogP contribution in [-0.2, 0) is 5.60 Å². The second-order valence-corrected chi connectivity index (χ2v) is 5.99. The topological polar surface area (TPSA) is 83.5 Å². The maximum Gasteiger partial charge on any atom is 0.161 e. The molecule has 24 heavy (non-hydrogen) atoms. The number of benzene rings is 1. The molecule has 3 rings (SSSR count). The van der Waals surface area contributed by atoms with Gasteiger partial charge in [-0.25, -0.2) is 0 Å². The van der Waals surface area contributed by atoms with Crippen molar-refractivity contribution in [3.63, 3.8) is 0 Å². The maximum atomic E-state index is 10.8. The van der Waals surface area contributed by atoms with Crippen LogP contribution in [0.5, 0.6) is 11.5 Å². The predicted molar refractivity (Wildman–Crippen MR) is 89.1 cm³/mol. The second kappa shape index (κ2) is 7.63. The van der Waals surface area contributed by atoms with Crippen molar-refractivity contribution >= 4 is 0 Å². The van der Waals surface area contributed by atoms with Crippen LogP contribution in [0.25, 0.3) is 0 Å². The van der Waals surface area contributed by atoms with E-state index in [1.54, 1.807) is 6.20 Å². The van der Waals surface area contributed by atoms with Gasteiger partial charge in [-0.1, -0.05) is 12.1 Å². The average molecular weight is 332 g/mol. The standard InChI is InChI=1S/C17H24N4O3/c1-2-23-14-6-3-4-7-15(14)24-11-10-21-9-5-8-17(22,13-21)16-12-18-20-19-16/h3-4,6-7,12,22H,2,5,8-11,13H2,1H3,(H,18,19,20)/t17-/m1/s1. The molecule has 2 aromatic rings. The molecule has 0 saturated carbocycles. The summed E-state index contributed by atoms with van der Waals surface area (Å²) in [5.74, 6) is 1.51. The number of hydrogen-bond acceptors (Lipinski definition) is 6. The number of aliphatic hydroxyl groups is 1. The third-order valence-electron chi connectivity index (χ3n) is 4.26. The van der Waals surface area contributed by atoms with Crippen LogP contribution in [0, 0.1) is 0 Å². The molecule has 2 N–H and O–H groups in total. The van der Waals surface area contributed by atoms with Gasteiger partial charge in [0.2, 0.25) is 0 Å². The second-order valence-electron chi connectivity index (χ2n) is 5.99. The number of rotatable bonds is 7. The van der Waals surface area contributed by atoms with Gasteiger partial charge in [0.1, 0.15) is 17.9 Å². The van der Waals surface area contributed by atoms with E-state index in [2.05, 4.69) is 20.3 Å². The third kappa shape index (κ3) is 3.85.